The van der Waals surface area contributed by atoms with Crippen molar-refractivity contribution in [3.05, 3.63) is 33.8 Å². The monoisotopic (exact) mass is 501 g/mol. The van der Waals surface area contributed by atoms with Gasteiger partial charge in [0, 0.05) is 41.4 Å². The zero-order valence-corrected chi connectivity index (χ0v) is 22.4. The lowest BCUT2D eigenvalue weighted by Gasteiger charge is -2.53. The Morgan fingerprint density at radius 1 is 1.23 bits per heavy atom. The van der Waals surface area contributed by atoms with E-state index in [2.05, 4.69) is 52.7 Å². The number of rotatable bonds is 9. The largest absolute Gasteiger partial charge is 0.348 e. The third kappa shape index (κ3) is 4.80. The average molecular weight is 502 g/mol. The molecule has 0 aromatic carbocycles. The minimum absolute atomic E-state index is 0.112. The van der Waals surface area contributed by atoms with E-state index in [-0.39, 0.29) is 23.0 Å². The number of aromatic nitrogens is 3. The van der Waals surface area contributed by atoms with Crippen LogP contribution in [0.5, 0.6) is 0 Å². The second-order valence-electron chi connectivity index (χ2n) is 11.2. The summed E-state index contributed by atoms with van der Waals surface area (Å²) in [5.74, 6) is 3.47. The number of hydrogen-bond donors (Lipinski definition) is 1. The summed E-state index contributed by atoms with van der Waals surface area (Å²) in [5, 5.41) is 12.0. The standard InChI is InChI=1S/C27H40FN5OS/c1-5-22-20-14-19(33-17(4)30-31-26(33)16(2)3)15-23(20)32(22)13-12-21(24-10-11-25(28)35-24)29-27(34)18-8-6-7-9-18/h10-11,16,18-23H,5-9,12-15H2,1-4H3,(H,29,34)/t19?,20?,21-,22?,23?/m0/s1. The Hall–Kier alpha value is -1.80. The fraction of sp³-hybridized carbons (Fsp3) is 0.741. The highest BCUT2D eigenvalue weighted by atomic mass is 32.1. The molecule has 5 rings (SSSR count). The van der Waals surface area contributed by atoms with Gasteiger partial charge in [-0.3, -0.25) is 9.69 Å². The maximum atomic E-state index is 13.9. The molecule has 3 heterocycles. The van der Waals surface area contributed by atoms with E-state index in [0.717, 1.165) is 68.0 Å². The molecule has 6 nitrogen and oxygen atoms in total. The fourth-order valence-corrected chi connectivity index (χ4v) is 7.89. The van der Waals surface area contributed by atoms with Crippen LogP contribution >= 0.6 is 11.3 Å². The second kappa shape index (κ2) is 10.3. The van der Waals surface area contributed by atoms with E-state index in [1.165, 1.54) is 23.8 Å². The summed E-state index contributed by atoms with van der Waals surface area (Å²) in [4.78, 5) is 16.5. The van der Waals surface area contributed by atoms with Gasteiger partial charge in [-0.25, -0.2) is 0 Å². The molecule has 3 aliphatic rings. The van der Waals surface area contributed by atoms with E-state index in [4.69, 9.17) is 0 Å². The second-order valence-corrected chi connectivity index (χ2v) is 12.2. The predicted octanol–water partition coefficient (Wildman–Crippen LogP) is 5.76. The number of carbonyl (C=O) groups is 1. The Morgan fingerprint density at radius 2 is 2.00 bits per heavy atom. The van der Waals surface area contributed by atoms with Crippen molar-refractivity contribution in [3.63, 3.8) is 0 Å². The van der Waals surface area contributed by atoms with Gasteiger partial charge in [0.05, 0.1) is 6.04 Å². The van der Waals surface area contributed by atoms with Crippen molar-refractivity contribution in [1.82, 2.24) is 25.0 Å². The number of hydrogen-bond acceptors (Lipinski definition) is 5. The van der Waals surface area contributed by atoms with Crippen LogP contribution in [0.2, 0.25) is 0 Å². The van der Waals surface area contributed by atoms with E-state index in [1.54, 1.807) is 0 Å². The summed E-state index contributed by atoms with van der Waals surface area (Å²) in [6, 6.07) is 4.87. The zero-order chi connectivity index (χ0) is 24.7. The van der Waals surface area contributed by atoms with Crippen molar-refractivity contribution in [2.75, 3.05) is 6.54 Å². The molecular weight excluding hydrogens is 461 g/mol. The van der Waals surface area contributed by atoms with Gasteiger partial charge in [0.15, 0.2) is 5.13 Å². The predicted molar refractivity (Wildman–Crippen MR) is 137 cm³/mol. The van der Waals surface area contributed by atoms with Gasteiger partial charge in [-0.1, -0.05) is 33.6 Å². The summed E-state index contributed by atoms with van der Waals surface area (Å²) < 4.78 is 16.3. The molecule has 35 heavy (non-hydrogen) atoms. The quantitative estimate of drug-likeness (QED) is 0.474. The molecule has 1 saturated heterocycles. The summed E-state index contributed by atoms with van der Waals surface area (Å²) in [5.41, 5.74) is 0. The molecule has 2 aromatic heterocycles. The van der Waals surface area contributed by atoms with Gasteiger partial charge in [-0.05, 0) is 63.5 Å². The molecule has 2 saturated carbocycles. The maximum Gasteiger partial charge on any atom is 0.223 e. The van der Waals surface area contributed by atoms with E-state index in [9.17, 15) is 9.18 Å². The first kappa shape index (κ1) is 24.9. The highest BCUT2D eigenvalue weighted by molar-refractivity contribution is 7.10. The Labute approximate surface area is 212 Å². The Kier molecular flexibility index (Phi) is 7.31. The van der Waals surface area contributed by atoms with E-state index < -0.39 is 0 Å². The summed E-state index contributed by atoms with van der Waals surface area (Å²) in [6.07, 6.45) is 8.52. The molecule has 1 aliphatic heterocycles. The molecule has 0 spiro atoms. The number of fused-ring (bicyclic) bond motifs is 1. The van der Waals surface area contributed by atoms with Crippen molar-refractivity contribution in [2.45, 2.75) is 109 Å². The lowest BCUT2D eigenvalue weighted by atomic mass is 9.80. The lowest BCUT2D eigenvalue weighted by Crippen LogP contribution is -2.61. The Balaban J connectivity index is 1.27. The van der Waals surface area contributed by atoms with Gasteiger partial charge in [-0.2, -0.15) is 4.39 Å². The Bertz CT molecular complexity index is 1030. The zero-order valence-electron chi connectivity index (χ0n) is 21.5. The normalized spacial score (nSPS) is 27.8. The molecular formula is C27H40FN5OS. The summed E-state index contributed by atoms with van der Waals surface area (Å²) >= 11 is 1.17. The van der Waals surface area contributed by atoms with Crippen LogP contribution in [0.4, 0.5) is 4.39 Å². The summed E-state index contributed by atoms with van der Waals surface area (Å²) in [7, 11) is 0. The molecule has 0 radical (unpaired) electrons. The number of aryl methyl sites for hydroxylation is 1. The molecule has 1 N–H and O–H groups in total. The van der Waals surface area contributed by atoms with E-state index in [1.807, 2.05) is 6.07 Å². The van der Waals surface area contributed by atoms with Crippen LogP contribution in [-0.4, -0.2) is 44.2 Å². The SMILES string of the molecule is CCC1C2CC(n3c(C)nnc3C(C)C)CC2N1CC[C@H](NC(=O)C1CCCC1)c1ccc(F)s1. The molecule has 1 amide bonds. The first-order valence-electron chi connectivity index (χ1n) is 13.6. The van der Waals surface area contributed by atoms with E-state index in [0.29, 0.717) is 30.0 Å². The van der Waals surface area contributed by atoms with Crippen molar-refractivity contribution in [2.24, 2.45) is 11.8 Å². The van der Waals surface area contributed by atoms with Crippen LogP contribution in [0.1, 0.15) is 107 Å². The first-order chi connectivity index (χ1) is 16.9. The van der Waals surface area contributed by atoms with Gasteiger partial charge in [0.2, 0.25) is 5.91 Å². The molecule has 8 heteroatoms. The molecule has 192 valence electrons. The minimum Gasteiger partial charge on any atom is -0.348 e. The van der Waals surface area contributed by atoms with Gasteiger partial charge < -0.3 is 9.88 Å². The molecule has 4 unspecified atom stereocenters. The third-order valence-corrected chi connectivity index (χ3v) is 9.73. The third-order valence-electron chi connectivity index (χ3n) is 8.75. The number of nitrogens with zero attached hydrogens (tertiary/aromatic N) is 4. The van der Waals surface area contributed by atoms with Crippen LogP contribution in [0, 0.1) is 23.9 Å². The van der Waals surface area contributed by atoms with Crippen LogP contribution in [0.3, 0.4) is 0 Å². The molecule has 5 atom stereocenters. The number of nitrogens with one attached hydrogen (secondary N) is 1. The molecule has 0 bridgehead atoms. The fourth-order valence-electron chi connectivity index (χ4n) is 7.07. The lowest BCUT2D eigenvalue weighted by molar-refractivity contribution is -0.125. The molecule has 2 aliphatic carbocycles. The number of likely N-dealkylation sites (tertiary alicyclic amines) is 1. The van der Waals surface area contributed by atoms with Crippen molar-refractivity contribution >= 4 is 17.2 Å². The topological polar surface area (TPSA) is 63.1 Å². The van der Waals surface area contributed by atoms with Crippen molar-refractivity contribution in [1.29, 1.82) is 0 Å². The highest BCUT2D eigenvalue weighted by Crippen LogP contribution is 2.50. The van der Waals surface area contributed by atoms with Gasteiger partial charge in [-0.15, -0.1) is 21.5 Å². The van der Waals surface area contributed by atoms with Crippen LogP contribution in [0.15, 0.2) is 12.1 Å². The van der Waals surface area contributed by atoms with E-state index >= 15 is 0 Å². The first-order valence-corrected chi connectivity index (χ1v) is 14.4. The van der Waals surface area contributed by atoms with Crippen molar-refractivity contribution in [3.8, 4) is 0 Å². The van der Waals surface area contributed by atoms with Crippen LogP contribution in [0.25, 0.3) is 0 Å². The van der Waals surface area contributed by atoms with Crippen LogP contribution in [-0.2, 0) is 4.79 Å². The average Bonchev–Trinajstić information content (AvgIpc) is 3.61. The number of thiophene rings is 1. The molecule has 2 aromatic rings. The molecule has 3 fully saturated rings. The van der Waals surface area contributed by atoms with Gasteiger partial charge >= 0.3 is 0 Å². The Morgan fingerprint density at radius 3 is 2.66 bits per heavy atom. The summed E-state index contributed by atoms with van der Waals surface area (Å²) in [6.45, 7) is 9.68. The van der Waals surface area contributed by atoms with Gasteiger partial charge in [0.1, 0.15) is 11.6 Å². The van der Waals surface area contributed by atoms with Crippen molar-refractivity contribution < 1.29 is 9.18 Å². The smallest absolute Gasteiger partial charge is 0.223 e. The maximum absolute atomic E-state index is 13.9. The number of amides is 1. The number of halogens is 1. The highest BCUT2D eigenvalue weighted by Gasteiger charge is 2.53. The van der Waals surface area contributed by atoms with Gasteiger partial charge in [0.25, 0.3) is 0 Å². The number of carbonyl (C=O) groups excluding carboxylic acids is 1. The minimum atomic E-state index is -0.181. The van der Waals surface area contributed by atoms with Crippen LogP contribution < -0.4 is 5.32 Å².